The molecule has 1 aromatic rings. The van der Waals surface area contributed by atoms with E-state index in [-0.39, 0.29) is 17.1 Å². The SMILES string of the molecule is CCC(C)C(NC(=O)C(C)Sc1ccc(C)cc1C)C(=O)O. The number of aryl methyl sites for hydroxylation is 2. The van der Waals surface area contributed by atoms with E-state index in [9.17, 15) is 14.7 Å². The van der Waals surface area contributed by atoms with Gasteiger partial charge < -0.3 is 10.4 Å². The van der Waals surface area contributed by atoms with Gasteiger partial charge >= 0.3 is 5.97 Å². The average molecular weight is 323 g/mol. The van der Waals surface area contributed by atoms with Gasteiger partial charge in [0, 0.05) is 4.90 Å². The van der Waals surface area contributed by atoms with Crippen LogP contribution >= 0.6 is 11.8 Å². The second-order valence-corrected chi connectivity index (χ2v) is 7.12. The summed E-state index contributed by atoms with van der Waals surface area (Å²) in [7, 11) is 0. The summed E-state index contributed by atoms with van der Waals surface area (Å²) >= 11 is 1.46. The van der Waals surface area contributed by atoms with Gasteiger partial charge in [0.15, 0.2) is 0 Å². The number of carbonyl (C=O) groups excluding carboxylic acids is 1. The highest BCUT2D eigenvalue weighted by atomic mass is 32.2. The molecule has 0 radical (unpaired) electrons. The molecule has 3 unspecified atom stereocenters. The molecule has 3 atom stereocenters. The zero-order valence-electron chi connectivity index (χ0n) is 13.8. The highest BCUT2D eigenvalue weighted by Gasteiger charge is 2.27. The first-order valence-corrected chi connectivity index (χ1v) is 8.41. The molecule has 0 spiro atoms. The Morgan fingerprint density at radius 1 is 1.27 bits per heavy atom. The number of nitrogens with one attached hydrogen (secondary N) is 1. The largest absolute Gasteiger partial charge is 0.480 e. The number of carbonyl (C=O) groups is 2. The summed E-state index contributed by atoms with van der Waals surface area (Å²) in [5.74, 6) is -1.32. The van der Waals surface area contributed by atoms with E-state index in [1.165, 1.54) is 17.3 Å². The monoisotopic (exact) mass is 323 g/mol. The van der Waals surface area contributed by atoms with E-state index < -0.39 is 12.0 Å². The van der Waals surface area contributed by atoms with E-state index in [2.05, 4.69) is 11.4 Å². The lowest BCUT2D eigenvalue weighted by molar-refractivity contribution is -0.143. The molecular weight excluding hydrogens is 298 g/mol. The Morgan fingerprint density at radius 3 is 2.41 bits per heavy atom. The van der Waals surface area contributed by atoms with Crippen LogP contribution in [0, 0.1) is 19.8 Å². The van der Waals surface area contributed by atoms with Gasteiger partial charge in [-0.2, -0.15) is 0 Å². The zero-order valence-corrected chi connectivity index (χ0v) is 14.7. The second-order valence-electron chi connectivity index (χ2n) is 5.74. The van der Waals surface area contributed by atoms with Gasteiger partial charge in [-0.3, -0.25) is 4.79 Å². The van der Waals surface area contributed by atoms with E-state index >= 15 is 0 Å². The number of rotatable bonds is 7. The molecule has 0 saturated heterocycles. The van der Waals surface area contributed by atoms with Crippen molar-refractivity contribution < 1.29 is 14.7 Å². The molecule has 0 aliphatic heterocycles. The number of aliphatic carboxylic acids is 1. The third-order valence-corrected chi connectivity index (χ3v) is 5.06. The van der Waals surface area contributed by atoms with Gasteiger partial charge in [0.1, 0.15) is 6.04 Å². The summed E-state index contributed by atoms with van der Waals surface area (Å²) in [4.78, 5) is 24.6. The molecule has 1 aromatic carbocycles. The van der Waals surface area contributed by atoms with Crippen molar-refractivity contribution in [2.45, 2.75) is 57.2 Å². The van der Waals surface area contributed by atoms with Crippen LogP contribution in [0.15, 0.2) is 23.1 Å². The molecule has 0 fully saturated rings. The van der Waals surface area contributed by atoms with Gasteiger partial charge in [0.25, 0.3) is 0 Å². The van der Waals surface area contributed by atoms with Crippen molar-refractivity contribution in [2.75, 3.05) is 0 Å². The molecule has 0 bridgehead atoms. The maximum atomic E-state index is 12.3. The van der Waals surface area contributed by atoms with Crippen LogP contribution in [0.3, 0.4) is 0 Å². The number of carboxylic acid groups (broad SMARTS) is 1. The fourth-order valence-electron chi connectivity index (χ4n) is 2.13. The van der Waals surface area contributed by atoms with Gasteiger partial charge in [-0.15, -0.1) is 11.8 Å². The molecule has 1 rings (SSSR count). The maximum Gasteiger partial charge on any atom is 0.326 e. The minimum absolute atomic E-state index is 0.0974. The molecule has 22 heavy (non-hydrogen) atoms. The smallest absolute Gasteiger partial charge is 0.326 e. The predicted octanol–water partition coefficient (Wildman–Crippen LogP) is 3.40. The summed E-state index contributed by atoms with van der Waals surface area (Å²) in [6.45, 7) is 9.59. The van der Waals surface area contributed by atoms with Crippen molar-refractivity contribution in [1.29, 1.82) is 0 Å². The first-order chi connectivity index (χ1) is 10.3. The third-order valence-electron chi connectivity index (χ3n) is 3.78. The third kappa shape index (κ3) is 5.05. The Balaban J connectivity index is 2.73. The average Bonchev–Trinajstić information content (AvgIpc) is 2.46. The standard InChI is InChI=1S/C17H25NO3S/c1-6-11(3)15(17(20)21)18-16(19)13(5)22-14-8-7-10(2)9-12(14)4/h7-9,11,13,15H,6H2,1-5H3,(H,18,19)(H,20,21). The van der Waals surface area contributed by atoms with Gasteiger partial charge in [0.2, 0.25) is 5.91 Å². The topological polar surface area (TPSA) is 66.4 Å². The molecule has 1 amide bonds. The van der Waals surface area contributed by atoms with Crippen LogP contribution in [0.2, 0.25) is 0 Å². The number of benzene rings is 1. The first-order valence-electron chi connectivity index (χ1n) is 7.53. The van der Waals surface area contributed by atoms with E-state index in [4.69, 9.17) is 0 Å². The lowest BCUT2D eigenvalue weighted by atomic mass is 9.99. The number of amides is 1. The van der Waals surface area contributed by atoms with Gasteiger partial charge in [-0.25, -0.2) is 4.79 Å². The van der Waals surface area contributed by atoms with Crippen molar-refractivity contribution in [1.82, 2.24) is 5.32 Å². The molecule has 0 heterocycles. The lowest BCUT2D eigenvalue weighted by Crippen LogP contribution is -2.47. The van der Waals surface area contributed by atoms with Gasteiger partial charge in [-0.1, -0.05) is 38.0 Å². The van der Waals surface area contributed by atoms with Crippen molar-refractivity contribution in [3.8, 4) is 0 Å². The fraction of sp³-hybridized carbons (Fsp3) is 0.529. The normalized spacial score (nSPS) is 15.0. The van der Waals surface area contributed by atoms with Crippen LogP contribution in [0.25, 0.3) is 0 Å². The molecule has 122 valence electrons. The van der Waals surface area contributed by atoms with E-state index in [0.717, 1.165) is 10.5 Å². The quantitative estimate of drug-likeness (QED) is 0.755. The highest BCUT2D eigenvalue weighted by Crippen LogP contribution is 2.27. The summed E-state index contributed by atoms with van der Waals surface area (Å²) in [6, 6.07) is 5.26. The number of carboxylic acids is 1. The van der Waals surface area contributed by atoms with Crippen molar-refractivity contribution >= 4 is 23.6 Å². The summed E-state index contributed by atoms with van der Waals surface area (Å²) in [5.41, 5.74) is 2.31. The van der Waals surface area contributed by atoms with E-state index in [0.29, 0.717) is 6.42 Å². The minimum Gasteiger partial charge on any atom is -0.480 e. The Labute approximate surface area is 136 Å². The zero-order chi connectivity index (χ0) is 16.9. The van der Waals surface area contributed by atoms with Crippen LogP contribution < -0.4 is 5.32 Å². The molecule has 4 nitrogen and oxygen atoms in total. The minimum atomic E-state index is -0.980. The number of thioether (sulfide) groups is 1. The molecule has 2 N–H and O–H groups in total. The Hall–Kier alpha value is -1.49. The Kier molecular flexibility index (Phi) is 6.94. The Bertz CT molecular complexity index is 545. The van der Waals surface area contributed by atoms with Crippen molar-refractivity contribution in [3.63, 3.8) is 0 Å². The molecule has 0 aromatic heterocycles. The number of hydrogen-bond acceptors (Lipinski definition) is 3. The van der Waals surface area contributed by atoms with Crippen LogP contribution in [-0.4, -0.2) is 28.3 Å². The molecule has 0 aliphatic rings. The fourth-order valence-corrected chi connectivity index (χ4v) is 3.08. The van der Waals surface area contributed by atoms with Gasteiger partial charge in [0.05, 0.1) is 5.25 Å². The molecule has 0 saturated carbocycles. The predicted molar refractivity (Wildman–Crippen MR) is 90.3 cm³/mol. The van der Waals surface area contributed by atoms with E-state index in [1.807, 2.05) is 39.8 Å². The van der Waals surface area contributed by atoms with E-state index in [1.54, 1.807) is 6.92 Å². The van der Waals surface area contributed by atoms with Crippen molar-refractivity contribution in [3.05, 3.63) is 29.3 Å². The van der Waals surface area contributed by atoms with Crippen LogP contribution in [0.1, 0.15) is 38.3 Å². The summed E-state index contributed by atoms with van der Waals surface area (Å²) in [5, 5.41) is 11.6. The van der Waals surface area contributed by atoms with Crippen LogP contribution in [0.5, 0.6) is 0 Å². The molecule has 5 heteroatoms. The van der Waals surface area contributed by atoms with Crippen LogP contribution in [0.4, 0.5) is 0 Å². The number of hydrogen-bond donors (Lipinski definition) is 2. The second kappa shape index (κ2) is 8.22. The maximum absolute atomic E-state index is 12.3. The Morgan fingerprint density at radius 2 is 1.91 bits per heavy atom. The summed E-state index contributed by atoms with van der Waals surface area (Å²) < 4.78 is 0. The molecular formula is C17H25NO3S. The van der Waals surface area contributed by atoms with Crippen LogP contribution in [-0.2, 0) is 9.59 Å². The first kappa shape index (κ1) is 18.6. The highest BCUT2D eigenvalue weighted by molar-refractivity contribution is 8.00. The molecule has 0 aliphatic carbocycles. The van der Waals surface area contributed by atoms with Gasteiger partial charge in [-0.05, 0) is 38.3 Å². The summed E-state index contributed by atoms with van der Waals surface area (Å²) in [6.07, 6.45) is 0.704. The lowest BCUT2D eigenvalue weighted by Gasteiger charge is -2.22. The van der Waals surface area contributed by atoms with Crippen molar-refractivity contribution in [2.24, 2.45) is 5.92 Å².